The Hall–Kier alpha value is -3.42. The van der Waals surface area contributed by atoms with Gasteiger partial charge in [-0.15, -0.1) is 0 Å². The number of ether oxygens (including phenoxy) is 1. The minimum atomic E-state index is -0.877. The van der Waals surface area contributed by atoms with Crippen LogP contribution in [0.4, 0.5) is 10.5 Å². The summed E-state index contributed by atoms with van der Waals surface area (Å²) in [7, 11) is 1.50. The van der Waals surface area contributed by atoms with Crippen molar-refractivity contribution in [1.82, 2.24) is 15.2 Å². The van der Waals surface area contributed by atoms with Crippen LogP contribution in [-0.4, -0.2) is 40.9 Å². The molecule has 1 saturated heterocycles. The first-order valence-corrected chi connectivity index (χ1v) is 8.02. The number of imide groups is 1. The molecule has 26 heavy (non-hydrogen) atoms. The quantitative estimate of drug-likeness (QED) is 0.767. The van der Waals surface area contributed by atoms with Gasteiger partial charge in [-0.05, 0) is 11.6 Å². The van der Waals surface area contributed by atoms with E-state index in [1.165, 1.54) is 13.3 Å². The molecule has 0 radical (unpaired) electrons. The van der Waals surface area contributed by atoms with Crippen LogP contribution in [0, 0.1) is 0 Å². The number of benzene rings is 1. The fourth-order valence-corrected chi connectivity index (χ4v) is 2.60. The molecule has 0 unspecified atom stereocenters. The van der Waals surface area contributed by atoms with Gasteiger partial charge in [-0.2, -0.15) is 0 Å². The SMILES string of the molecule is COc1ccc(NC(=O)C[C@@H]2NC(=O)N(Cc3ccccc3)C2=O)cn1. The Kier molecular flexibility index (Phi) is 5.12. The van der Waals surface area contributed by atoms with Gasteiger partial charge >= 0.3 is 6.03 Å². The number of amides is 4. The number of carbonyl (C=O) groups excluding carboxylic acids is 3. The monoisotopic (exact) mass is 354 g/mol. The molecule has 0 spiro atoms. The maximum absolute atomic E-state index is 12.4. The lowest BCUT2D eigenvalue weighted by Gasteiger charge is -2.13. The first kappa shape index (κ1) is 17.4. The molecule has 1 aliphatic rings. The van der Waals surface area contributed by atoms with Gasteiger partial charge in [-0.3, -0.25) is 14.5 Å². The Morgan fingerprint density at radius 2 is 2.00 bits per heavy atom. The number of hydrogen-bond acceptors (Lipinski definition) is 5. The van der Waals surface area contributed by atoms with Gasteiger partial charge in [0.05, 0.1) is 32.0 Å². The highest BCUT2D eigenvalue weighted by atomic mass is 16.5. The minimum absolute atomic E-state index is 0.151. The lowest BCUT2D eigenvalue weighted by Crippen LogP contribution is -2.34. The number of rotatable bonds is 6. The summed E-state index contributed by atoms with van der Waals surface area (Å²) in [5, 5.41) is 5.19. The molecule has 1 atom stereocenters. The second kappa shape index (κ2) is 7.64. The van der Waals surface area contributed by atoms with E-state index in [9.17, 15) is 14.4 Å². The normalized spacial score (nSPS) is 16.3. The van der Waals surface area contributed by atoms with E-state index in [1.807, 2.05) is 30.3 Å². The summed E-state index contributed by atoms with van der Waals surface area (Å²) in [6.07, 6.45) is 1.30. The number of nitrogens with zero attached hydrogens (tertiary/aromatic N) is 2. The Balaban J connectivity index is 1.58. The van der Waals surface area contributed by atoms with Crippen LogP contribution in [0.15, 0.2) is 48.7 Å². The molecule has 8 nitrogen and oxygen atoms in total. The average molecular weight is 354 g/mol. The molecule has 3 rings (SSSR count). The molecule has 1 fully saturated rings. The highest BCUT2D eigenvalue weighted by molar-refractivity contribution is 6.06. The van der Waals surface area contributed by atoms with Crippen LogP contribution in [0.25, 0.3) is 0 Å². The fraction of sp³-hybridized carbons (Fsp3) is 0.222. The van der Waals surface area contributed by atoms with Gasteiger partial charge in [0.2, 0.25) is 11.8 Å². The number of carbonyl (C=O) groups is 3. The van der Waals surface area contributed by atoms with Crippen LogP contribution in [0.5, 0.6) is 5.88 Å². The summed E-state index contributed by atoms with van der Waals surface area (Å²) in [4.78, 5) is 41.7. The van der Waals surface area contributed by atoms with E-state index in [0.717, 1.165) is 10.5 Å². The number of urea groups is 1. The zero-order chi connectivity index (χ0) is 18.5. The fourth-order valence-electron chi connectivity index (χ4n) is 2.60. The standard InChI is InChI=1S/C18H18N4O4/c1-26-16-8-7-13(10-19-16)20-15(23)9-14-17(24)22(18(25)21-14)11-12-5-3-2-4-6-12/h2-8,10,14H,9,11H2,1H3,(H,20,23)(H,21,25)/t14-/m0/s1. The van der Waals surface area contributed by atoms with Crippen LogP contribution >= 0.6 is 0 Å². The van der Waals surface area contributed by atoms with Crippen molar-refractivity contribution in [2.45, 2.75) is 19.0 Å². The summed E-state index contributed by atoms with van der Waals surface area (Å²) in [5.74, 6) is -0.378. The predicted molar refractivity (Wildman–Crippen MR) is 93.3 cm³/mol. The number of pyridine rings is 1. The van der Waals surface area contributed by atoms with Gasteiger partial charge in [0.15, 0.2) is 0 Å². The Morgan fingerprint density at radius 1 is 1.23 bits per heavy atom. The zero-order valence-corrected chi connectivity index (χ0v) is 14.1. The third-order valence-electron chi connectivity index (χ3n) is 3.91. The van der Waals surface area contributed by atoms with Gasteiger partial charge in [0.1, 0.15) is 6.04 Å². The summed E-state index contributed by atoms with van der Waals surface area (Å²) < 4.78 is 4.95. The van der Waals surface area contributed by atoms with E-state index in [2.05, 4.69) is 15.6 Å². The summed E-state index contributed by atoms with van der Waals surface area (Å²) in [5.41, 5.74) is 1.32. The maximum Gasteiger partial charge on any atom is 0.325 e. The highest BCUT2D eigenvalue weighted by Crippen LogP contribution is 2.16. The van der Waals surface area contributed by atoms with E-state index < -0.39 is 23.9 Å². The van der Waals surface area contributed by atoms with Crippen LogP contribution < -0.4 is 15.4 Å². The van der Waals surface area contributed by atoms with Crippen molar-refractivity contribution in [2.24, 2.45) is 0 Å². The molecule has 2 heterocycles. The van der Waals surface area contributed by atoms with Crippen LogP contribution in [0.1, 0.15) is 12.0 Å². The third kappa shape index (κ3) is 3.97. The third-order valence-corrected chi connectivity index (χ3v) is 3.91. The number of anilines is 1. The molecule has 134 valence electrons. The molecule has 1 aliphatic heterocycles. The second-order valence-corrected chi connectivity index (χ2v) is 5.75. The largest absolute Gasteiger partial charge is 0.481 e. The molecular formula is C18H18N4O4. The first-order valence-electron chi connectivity index (χ1n) is 8.02. The molecule has 8 heteroatoms. The molecule has 4 amide bonds. The maximum atomic E-state index is 12.4. The topological polar surface area (TPSA) is 101 Å². The number of hydrogen-bond donors (Lipinski definition) is 2. The lowest BCUT2D eigenvalue weighted by molar-refractivity contribution is -0.130. The van der Waals surface area contributed by atoms with Gasteiger partial charge in [-0.1, -0.05) is 30.3 Å². The van der Waals surface area contributed by atoms with Crippen LogP contribution in [0.2, 0.25) is 0 Å². The number of aromatic nitrogens is 1. The average Bonchev–Trinajstić information content (AvgIpc) is 2.90. The van der Waals surface area contributed by atoms with Gasteiger partial charge in [-0.25, -0.2) is 9.78 Å². The van der Waals surface area contributed by atoms with E-state index in [1.54, 1.807) is 12.1 Å². The second-order valence-electron chi connectivity index (χ2n) is 5.75. The summed E-state index contributed by atoms with van der Waals surface area (Å²) in [6.45, 7) is 0.173. The Morgan fingerprint density at radius 3 is 2.65 bits per heavy atom. The van der Waals surface area contributed by atoms with Crippen molar-refractivity contribution in [1.29, 1.82) is 0 Å². The molecule has 2 N–H and O–H groups in total. The van der Waals surface area contributed by atoms with Crippen LogP contribution in [0.3, 0.4) is 0 Å². The summed E-state index contributed by atoms with van der Waals surface area (Å²) in [6, 6.07) is 11.1. The summed E-state index contributed by atoms with van der Waals surface area (Å²) >= 11 is 0. The van der Waals surface area contributed by atoms with E-state index in [4.69, 9.17) is 4.74 Å². The molecule has 0 bridgehead atoms. The first-order chi connectivity index (χ1) is 12.6. The smallest absolute Gasteiger partial charge is 0.325 e. The van der Waals surface area contributed by atoms with E-state index >= 15 is 0 Å². The molecule has 0 aliphatic carbocycles. The highest BCUT2D eigenvalue weighted by Gasteiger charge is 2.38. The van der Waals surface area contributed by atoms with Crippen molar-refractivity contribution >= 4 is 23.5 Å². The molecule has 1 aromatic carbocycles. The van der Waals surface area contributed by atoms with Crippen molar-refractivity contribution < 1.29 is 19.1 Å². The number of nitrogens with one attached hydrogen (secondary N) is 2. The minimum Gasteiger partial charge on any atom is -0.481 e. The van der Waals surface area contributed by atoms with Crippen molar-refractivity contribution in [2.75, 3.05) is 12.4 Å². The number of methoxy groups -OCH3 is 1. The predicted octanol–water partition coefficient (Wildman–Crippen LogP) is 1.54. The van der Waals surface area contributed by atoms with Gasteiger partial charge < -0.3 is 15.4 Å². The molecule has 1 aromatic heterocycles. The van der Waals surface area contributed by atoms with Crippen molar-refractivity contribution in [3.8, 4) is 5.88 Å². The Labute approximate surface area is 150 Å². The van der Waals surface area contributed by atoms with Crippen molar-refractivity contribution in [3.63, 3.8) is 0 Å². The molecular weight excluding hydrogens is 336 g/mol. The van der Waals surface area contributed by atoms with Gasteiger partial charge in [0, 0.05) is 6.07 Å². The van der Waals surface area contributed by atoms with Crippen molar-refractivity contribution in [3.05, 3.63) is 54.2 Å². The van der Waals surface area contributed by atoms with Crippen LogP contribution in [-0.2, 0) is 16.1 Å². The Bertz CT molecular complexity index is 808. The lowest BCUT2D eigenvalue weighted by atomic mass is 10.1. The van der Waals surface area contributed by atoms with Gasteiger partial charge in [0.25, 0.3) is 5.91 Å². The molecule has 0 saturated carbocycles. The van der Waals surface area contributed by atoms with E-state index in [0.29, 0.717) is 11.6 Å². The zero-order valence-electron chi connectivity index (χ0n) is 14.1. The van der Waals surface area contributed by atoms with E-state index in [-0.39, 0.29) is 13.0 Å². The molecule has 2 aromatic rings.